The fourth-order valence-corrected chi connectivity index (χ4v) is 2.28. The van der Waals surface area contributed by atoms with Gasteiger partial charge in [0.05, 0.1) is 11.4 Å². The zero-order valence-corrected chi connectivity index (χ0v) is 11.2. The summed E-state index contributed by atoms with van der Waals surface area (Å²) in [7, 11) is 0. The maximum absolute atomic E-state index is 5.72. The van der Waals surface area contributed by atoms with Crippen LogP contribution in [-0.4, -0.2) is 4.98 Å². The molecule has 2 aromatic carbocycles. The Labute approximate surface area is 118 Å². The number of benzene rings is 2. The summed E-state index contributed by atoms with van der Waals surface area (Å²) in [5.74, 6) is 0. The summed E-state index contributed by atoms with van der Waals surface area (Å²) in [5, 5.41) is 0. The third kappa shape index (κ3) is 2.46. The molecule has 0 amide bonds. The van der Waals surface area contributed by atoms with Crippen LogP contribution in [0.25, 0.3) is 22.4 Å². The van der Waals surface area contributed by atoms with Crippen LogP contribution in [0.5, 0.6) is 0 Å². The minimum atomic E-state index is 0.453. The van der Waals surface area contributed by atoms with Gasteiger partial charge in [-0.1, -0.05) is 66.7 Å². The summed E-state index contributed by atoms with van der Waals surface area (Å²) in [5.41, 5.74) is 11.0. The predicted octanol–water partition coefficient (Wildman–Crippen LogP) is 3.87. The van der Waals surface area contributed by atoms with Gasteiger partial charge in [-0.3, -0.25) is 4.98 Å². The zero-order valence-electron chi connectivity index (χ0n) is 11.2. The third-order valence-corrected chi connectivity index (χ3v) is 3.29. The summed E-state index contributed by atoms with van der Waals surface area (Å²) in [6.07, 6.45) is 0. The number of hydrogen-bond acceptors (Lipinski definition) is 2. The molecule has 0 bridgehead atoms. The Balaban J connectivity index is 2.20. The van der Waals surface area contributed by atoms with Gasteiger partial charge in [0, 0.05) is 17.7 Å². The first kappa shape index (κ1) is 12.6. The highest BCUT2D eigenvalue weighted by Crippen LogP contribution is 2.30. The van der Waals surface area contributed by atoms with Crippen LogP contribution in [-0.2, 0) is 6.54 Å². The van der Waals surface area contributed by atoms with E-state index in [0.717, 1.165) is 22.5 Å². The minimum absolute atomic E-state index is 0.453. The summed E-state index contributed by atoms with van der Waals surface area (Å²) in [6.45, 7) is 0.453. The molecule has 20 heavy (non-hydrogen) atoms. The van der Waals surface area contributed by atoms with Gasteiger partial charge in [0.1, 0.15) is 0 Å². The summed E-state index contributed by atoms with van der Waals surface area (Å²) in [4.78, 5) is 4.71. The van der Waals surface area contributed by atoms with Crippen LogP contribution in [0.3, 0.4) is 0 Å². The molecule has 3 aromatic rings. The SMILES string of the molecule is NCc1ccc(-c2ccccc2)c(-c2ccccc2)n1. The Morgan fingerprint density at radius 3 is 1.90 bits per heavy atom. The number of nitrogens with two attached hydrogens (primary N) is 1. The van der Waals surface area contributed by atoms with E-state index in [9.17, 15) is 0 Å². The van der Waals surface area contributed by atoms with Crippen molar-refractivity contribution < 1.29 is 0 Å². The highest BCUT2D eigenvalue weighted by atomic mass is 14.8. The Morgan fingerprint density at radius 1 is 0.700 bits per heavy atom. The average Bonchev–Trinajstić information content (AvgIpc) is 2.56. The van der Waals surface area contributed by atoms with E-state index in [0.29, 0.717) is 6.54 Å². The Hall–Kier alpha value is -2.45. The standard InChI is InChI=1S/C18H16N2/c19-13-16-11-12-17(14-7-3-1-4-8-14)18(20-16)15-9-5-2-6-10-15/h1-12H,13,19H2. The number of pyridine rings is 1. The number of nitrogens with zero attached hydrogens (tertiary/aromatic N) is 1. The molecule has 2 heteroatoms. The molecule has 1 aromatic heterocycles. The van der Waals surface area contributed by atoms with E-state index in [4.69, 9.17) is 10.7 Å². The van der Waals surface area contributed by atoms with Crippen LogP contribution in [0.4, 0.5) is 0 Å². The normalized spacial score (nSPS) is 10.4. The summed E-state index contributed by atoms with van der Waals surface area (Å²) < 4.78 is 0. The number of hydrogen-bond donors (Lipinski definition) is 1. The molecule has 0 atom stereocenters. The lowest BCUT2D eigenvalue weighted by molar-refractivity contribution is 0.994. The second kappa shape index (κ2) is 5.68. The molecule has 0 aliphatic carbocycles. The van der Waals surface area contributed by atoms with Crippen LogP contribution < -0.4 is 5.73 Å². The number of rotatable bonds is 3. The molecule has 0 aliphatic rings. The van der Waals surface area contributed by atoms with Crippen molar-refractivity contribution in [1.29, 1.82) is 0 Å². The minimum Gasteiger partial charge on any atom is -0.325 e. The fraction of sp³-hybridized carbons (Fsp3) is 0.0556. The lowest BCUT2D eigenvalue weighted by Crippen LogP contribution is -2.01. The highest BCUT2D eigenvalue weighted by molar-refractivity contribution is 5.80. The summed E-state index contributed by atoms with van der Waals surface area (Å²) in [6, 6.07) is 24.6. The van der Waals surface area contributed by atoms with E-state index >= 15 is 0 Å². The molecular weight excluding hydrogens is 244 g/mol. The Bertz CT molecular complexity index is 691. The molecule has 2 nitrogen and oxygen atoms in total. The molecule has 0 spiro atoms. The molecule has 0 saturated heterocycles. The van der Waals surface area contributed by atoms with Crippen LogP contribution in [0, 0.1) is 0 Å². The maximum Gasteiger partial charge on any atom is 0.0784 e. The first-order chi connectivity index (χ1) is 9.88. The van der Waals surface area contributed by atoms with Crippen LogP contribution in [0.1, 0.15) is 5.69 Å². The molecular formula is C18H16N2. The molecule has 98 valence electrons. The number of aromatic nitrogens is 1. The second-order valence-electron chi connectivity index (χ2n) is 4.63. The molecule has 0 radical (unpaired) electrons. The van der Waals surface area contributed by atoms with E-state index in [1.807, 2.05) is 42.5 Å². The van der Waals surface area contributed by atoms with Gasteiger partial charge in [0.2, 0.25) is 0 Å². The molecule has 0 fully saturated rings. The van der Waals surface area contributed by atoms with E-state index in [1.54, 1.807) is 0 Å². The quantitative estimate of drug-likeness (QED) is 0.776. The highest BCUT2D eigenvalue weighted by Gasteiger charge is 2.09. The first-order valence-electron chi connectivity index (χ1n) is 6.69. The van der Waals surface area contributed by atoms with Crippen molar-refractivity contribution >= 4 is 0 Å². The van der Waals surface area contributed by atoms with Gasteiger partial charge in [-0.2, -0.15) is 0 Å². The van der Waals surface area contributed by atoms with Crippen LogP contribution in [0.15, 0.2) is 72.8 Å². The van der Waals surface area contributed by atoms with Gasteiger partial charge in [0.25, 0.3) is 0 Å². The van der Waals surface area contributed by atoms with E-state index in [-0.39, 0.29) is 0 Å². The van der Waals surface area contributed by atoms with Crippen LogP contribution >= 0.6 is 0 Å². The summed E-state index contributed by atoms with van der Waals surface area (Å²) >= 11 is 0. The van der Waals surface area contributed by atoms with Gasteiger partial charge >= 0.3 is 0 Å². The molecule has 0 aliphatic heterocycles. The van der Waals surface area contributed by atoms with Crippen molar-refractivity contribution in [2.24, 2.45) is 5.73 Å². The molecule has 0 unspecified atom stereocenters. The average molecular weight is 260 g/mol. The van der Waals surface area contributed by atoms with Crippen molar-refractivity contribution in [3.8, 4) is 22.4 Å². The molecule has 1 heterocycles. The second-order valence-corrected chi connectivity index (χ2v) is 4.63. The van der Waals surface area contributed by atoms with Gasteiger partial charge in [-0.05, 0) is 11.6 Å². The van der Waals surface area contributed by atoms with Gasteiger partial charge in [-0.25, -0.2) is 0 Å². The zero-order chi connectivity index (χ0) is 13.8. The van der Waals surface area contributed by atoms with Crippen LogP contribution in [0.2, 0.25) is 0 Å². The Kier molecular flexibility index (Phi) is 3.57. The molecule has 2 N–H and O–H groups in total. The van der Waals surface area contributed by atoms with Crippen molar-refractivity contribution in [3.63, 3.8) is 0 Å². The Morgan fingerprint density at radius 2 is 1.30 bits per heavy atom. The topological polar surface area (TPSA) is 38.9 Å². The third-order valence-electron chi connectivity index (χ3n) is 3.29. The van der Waals surface area contributed by atoms with E-state index in [2.05, 4.69) is 30.3 Å². The fourth-order valence-electron chi connectivity index (χ4n) is 2.28. The van der Waals surface area contributed by atoms with Crippen molar-refractivity contribution in [1.82, 2.24) is 4.98 Å². The lowest BCUT2D eigenvalue weighted by Gasteiger charge is -2.11. The van der Waals surface area contributed by atoms with Gasteiger partial charge < -0.3 is 5.73 Å². The molecule has 3 rings (SSSR count). The van der Waals surface area contributed by atoms with Gasteiger partial charge in [-0.15, -0.1) is 0 Å². The van der Waals surface area contributed by atoms with E-state index < -0.39 is 0 Å². The van der Waals surface area contributed by atoms with Gasteiger partial charge in [0.15, 0.2) is 0 Å². The predicted molar refractivity (Wildman–Crippen MR) is 83.0 cm³/mol. The lowest BCUT2D eigenvalue weighted by atomic mass is 9.99. The maximum atomic E-state index is 5.72. The van der Waals surface area contributed by atoms with Crippen molar-refractivity contribution in [3.05, 3.63) is 78.5 Å². The van der Waals surface area contributed by atoms with E-state index in [1.165, 1.54) is 5.56 Å². The monoisotopic (exact) mass is 260 g/mol. The largest absolute Gasteiger partial charge is 0.325 e. The van der Waals surface area contributed by atoms with Crippen molar-refractivity contribution in [2.45, 2.75) is 6.54 Å². The molecule has 0 saturated carbocycles. The smallest absolute Gasteiger partial charge is 0.0784 e. The first-order valence-corrected chi connectivity index (χ1v) is 6.69. The van der Waals surface area contributed by atoms with Crippen molar-refractivity contribution in [2.75, 3.05) is 0 Å².